The molecule has 0 saturated heterocycles. The fraction of sp³-hybridized carbons (Fsp3) is 0.214. The van der Waals surface area contributed by atoms with Crippen molar-refractivity contribution in [2.24, 2.45) is 0 Å². The first-order valence-electron chi connectivity index (χ1n) is 5.48. The summed E-state index contributed by atoms with van der Waals surface area (Å²) in [6, 6.07) is 15.6. The van der Waals surface area contributed by atoms with Crippen molar-refractivity contribution in [2.45, 2.75) is 12.6 Å². The molecule has 1 heterocycles. The first-order valence-corrected chi connectivity index (χ1v) is 5.48. The van der Waals surface area contributed by atoms with Gasteiger partial charge in [0.25, 0.3) is 0 Å². The Morgan fingerprint density at radius 3 is 2.59 bits per heavy atom. The molecule has 0 fully saturated rings. The fourth-order valence-electron chi connectivity index (χ4n) is 1.79. The first-order chi connectivity index (χ1) is 8.31. The molecule has 0 spiro atoms. The molecular weight excluding hydrogens is 212 g/mol. The number of benzene rings is 1. The van der Waals surface area contributed by atoms with E-state index in [0.29, 0.717) is 5.76 Å². The summed E-state index contributed by atoms with van der Waals surface area (Å²) >= 11 is 0. The molecule has 0 N–H and O–H groups in total. The molecule has 0 aliphatic rings. The zero-order valence-corrected chi connectivity index (χ0v) is 9.71. The highest BCUT2D eigenvalue weighted by atomic mass is 16.3. The Balaban J connectivity index is 2.09. The van der Waals surface area contributed by atoms with E-state index in [-0.39, 0.29) is 6.04 Å². The molecule has 0 unspecified atom stereocenters. The minimum Gasteiger partial charge on any atom is -0.467 e. The van der Waals surface area contributed by atoms with Crippen LogP contribution in [0.4, 0.5) is 0 Å². The van der Waals surface area contributed by atoms with Gasteiger partial charge in [0.1, 0.15) is 5.76 Å². The van der Waals surface area contributed by atoms with Gasteiger partial charge in [-0.05, 0) is 24.7 Å². The highest BCUT2D eigenvalue weighted by Gasteiger charge is 2.18. The Hall–Kier alpha value is -2.05. The minimum absolute atomic E-state index is 0.342. The molecule has 86 valence electrons. The van der Waals surface area contributed by atoms with E-state index in [9.17, 15) is 5.26 Å². The number of rotatable bonds is 4. The van der Waals surface area contributed by atoms with E-state index in [1.54, 1.807) is 12.3 Å². The average Bonchev–Trinajstić information content (AvgIpc) is 2.85. The van der Waals surface area contributed by atoms with Crippen molar-refractivity contribution in [3.8, 4) is 6.07 Å². The van der Waals surface area contributed by atoms with Crippen molar-refractivity contribution >= 4 is 0 Å². The second-order valence-corrected chi connectivity index (χ2v) is 3.95. The highest BCUT2D eigenvalue weighted by molar-refractivity contribution is 5.17. The average molecular weight is 226 g/mol. The van der Waals surface area contributed by atoms with Crippen LogP contribution in [0.1, 0.15) is 17.4 Å². The van der Waals surface area contributed by atoms with Crippen LogP contribution in [0.25, 0.3) is 0 Å². The van der Waals surface area contributed by atoms with Gasteiger partial charge in [-0.25, -0.2) is 0 Å². The Kier molecular flexibility index (Phi) is 3.59. The molecule has 0 bridgehead atoms. The Morgan fingerprint density at radius 2 is 2.00 bits per heavy atom. The van der Waals surface area contributed by atoms with E-state index in [1.807, 2.05) is 48.3 Å². The molecular formula is C14H14N2O. The SMILES string of the molecule is CN(Cc1ccccc1)[C@H](C#N)c1ccco1. The standard InChI is InChI=1S/C14H14N2O/c1-16(11-12-6-3-2-4-7-12)13(10-15)14-8-5-9-17-14/h2-9,13H,11H2,1H3/t13-/m1/s1. The lowest BCUT2D eigenvalue weighted by atomic mass is 10.1. The summed E-state index contributed by atoms with van der Waals surface area (Å²) in [5, 5.41) is 9.19. The summed E-state index contributed by atoms with van der Waals surface area (Å²) in [4.78, 5) is 1.97. The van der Waals surface area contributed by atoms with Gasteiger partial charge in [-0.2, -0.15) is 5.26 Å². The van der Waals surface area contributed by atoms with Gasteiger partial charge in [0, 0.05) is 6.54 Å². The third-order valence-corrected chi connectivity index (χ3v) is 2.65. The monoisotopic (exact) mass is 226 g/mol. The number of furan rings is 1. The molecule has 0 saturated carbocycles. The molecule has 0 aliphatic heterocycles. The van der Waals surface area contributed by atoms with Crippen LogP contribution >= 0.6 is 0 Å². The van der Waals surface area contributed by atoms with Crippen molar-refractivity contribution in [1.29, 1.82) is 5.26 Å². The maximum absolute atomic E-state index is 9.19. The normalized spacial score (nSPS) is 12.3. The van der Waals surface area contributed by atoms with Crippen molar-refractivity contribution in [1.82, 2.24) is 4.90 Å². The van der Waals surface area contributed by atoms with E-state index in [4.69, 9.17) is 4.42 Å². The van der Waals surface area contributed by atoms with Gasteiger partial charge in [-0.15, -0.1) is 0 Å². The van der Waals surface area contributed by atoms with Crippen molar-refractivity contribution in [3.63, 3.8) is 0 Å². The summed E-state index contributed by atoms with van der Waals surface area (Å²) in [7, 11) is 1.92. The quantitative estimate of drug-likeness (QED) is 0.804. The second-order valence-electron chi connectivity index (χ2n) is 3.95. The lowest BCUT2D eigenvalue weighted by molar-refractivity contribution is 0.252. The van der Waals surface area contributed by atoms with Crippen molar-refractivity contribution in [2.75, 3.05) is 7.05 Å². The van der Waals surface area contributed by atoms with E-state index < -0.39 is 0 Å². The summed E-state index contributed by atoms with van der Waals surface area (Å²) in [5.41, 5.74) is 1.18. The molecule has 1 atom stereocenters. The lowest BCUT2D eigenvalue weighted by Crippen LogP contribution is -2.22. The Labute approximate surface area is 101 Å². The summed E-state index contributed by atoms with van der Waals surface area (Å²) in [5.74, 6) is 0.686. The van der Waals surface area contributed by atoms with Gasteiger partial charge in [0.15, 0.2) is 6.04 Å². The molecule has 2 aromatic rings. The predicted molar refractivity (Wildman–Crippen MR) is 65.0 cm³/mol. The summed E-state index contributed by atoms with van der Waals surface area (Å²) in [6.07, 6.45) is 1.59. The van der Waals surface area contributed by atoms with E-state index in [1.165, 1.54) is 5.56 Å². The van der Waals surface area contributed by atoms with Gasteiger partial charge in [0.05, 0.1) is 12.3 Å². The smallest absolute Gasteiger partial charge is 0.156 e. The van der Waals surface area contributed by atoms with Crippen LogP contribution in [0, 0.1) is 11.3 Å². The molecule has 3 nitrogen and oxygen atoms in total. The Bertz CT molecular complexity index is 485. The molecule has 0 amide bonds. The molecule has 1 aromatic heterocycles. The summed E-state index contributed by atoms with van der Waals surface area (Å²) < 4.78 is 5.28. The van der Waals surface area contributed by atoms with Gasteiger partial charge >= 0.3 is 0 Å². The van der Waals surface area contributed by atoms with Crippen LogP contribution in [0.15, 0.2) is 53.1 Å². The number of nitriles is 1. The van der Waals surface area contributed by atoms with Gasteiger partial charge in [0.2, 0.25) is 0 Å². The molecule has 17 heavy (non-hydrogen) atoms. The molecule has 0 radical (unpaired) electrons. The van der Waals surface area contributed by atoms with Crippen LogP contribution < -0.4 is 0 Å². The van der Waals surface area contributed by atoms with Crippen LogP contribution in [-0.4, -0.2) is 11.9 Å². The van der Waals surface area contributed by atoms with Crippen LogP contribution in [-0.2, 0) is 6.54 Å². The van der Waals surface area contributed by atoms with Gasteiger partial charge < -0.3 is 4.42 Å². The van der Waals surface area contributed by atoms with E-state index in [2.05, 4.69) is 6.07 Å². The van der Waals surface area contributed by atoms with Crippen molar-refractivity contribution in [3.05, 3.63) is 60.1 Å². The van der Waals surface area contributed by atoms with Gasteiger partial charge in [-0.1, -0.05) is 30.3 Å². The zero-order chi connectivity index (χ0) is 12.1. The predicted octanol–water partition coefficient (Wildman–Crippen LogP) is 2.98. The summed E-state index contributed by atoms with van der Waals surface area (Å²) in [6.45, 7) is 0.722. The maximum Gasteiger partial charge on any atom is 0.156 e. The van der Waals surface area contributed by atoms with E-state index >= 15 is 0 Å². The first kappa shape index (κ1) is 11.4. The third-order valence-electron chi connectivity index (χ3n) is 2.65. The van der Waals surface area contributed by atoms with Crippen LogP contribution in [0.3, 0.4) is 0 Å². The third kappa shape index (κ3) is 2.74. The Morgan fingerprint density at radius 1 is 1.24 bits per heavy atom. The number of hydrogen-bond donors (Lipinski definition) is 0. The molecule has 3 heteroatoms. The number of nitrogens with zero attached hydrogens (tertiary/aromatic N) is 2. The topological polar surface area (TPSA) is 40.2 Å². The van der Waals surface area contributed by atoms with E-state index in [0.717, 1.165) is 6.54 Å². The van der Waals surface area contributed by atoms with Gasteiger partial charge in [-0.3, -0.25) is 4.90 Å². The molecule has 1 aromatic carbocycles. The van der Waals surface area contributed by atoms with Crippen LogP contribution in [0.5, 0.6) is 0 Å². The lowest BCUT2D eigenvalue weighted by Gasteiger charge is -2.20. The van der Waals surface area contributed by atoms with Crippen LogP contribution in [0.2, 0.25) is 0 Å². The minimum atomic E-state index is -0.342. The fourth-order valence-corrected chi connectivity index (χ4v) is 1.79. The second kappa shape index (κ2) is 5.33. The highest BCUT2D eigenvalue weighted by Crippen LogP contribution is 2.20. The molecule has 0 aliphatic carbocycles. The zero-order valence-electron chi connectivity index (χ0n) is 9.71. The van der Waals surface area contributed by atoms with Crippen molar-refractivity contribution < 1.29 is 4.42 Å². The molecule has 2 rings (SSSR count). The largest absolute Gasteiger partial charge is 0.467 e. The maximum atomic E-state index is 9.19. The number of hydrogen-bond acceptors (Lipinski definition) is 3.